The first kappa shape index (κ1) is 14.6. The molecule has 0 aliphatic heterocycles. The van der Waals surface area contributed by atoms with E-state index >= 15 is 0 Å². The summed E-state index contributed by atoms with van der Waals surface area (Å²) in [6, 6.07) is 5.14. The molecule has 1 aromatic carbocycles. The topological polar surface area (TPSA) is 62.5 Å². The molecule has 0 saturated heterocycles. The molecule has 18 heavy (non-hydrogen) atoms. The Hall–Kier alpha value is -1.51. The molecule has 0 radical (unpaired) electrons. The van der Waals surface area contributed by atoms with Crippen LogP contribution in [0.25, 0.3) is 0 Å². The van der Waals surface area contributed by atoms with E-state index in [-0.39, 0.29) is 5.57 Å². The third-order valence-corrected chi connectivity index (χ3v) is 2.92. The zero-order valence-corrected chi connectivity index (χ0v) is 11.8. The molecular formula is C13H14BrNO3. The second kappa shape index (κ2) is 6.43. The minimum atomic E-state index is -1.05. The molecule has 0 aliphatic rings. The van der Waals surface area contributed by atoms with Gasteiger partial charge in [-0.25, -0.2) is 0 Å². The Kier molecular flexibility index (Phi) is 5.20. The van der Waals surface area contributed by atoms with Crippen LogP contribution in [0.2, 0.25) is 0 Å². The normalized spacial score (nSPS) is 11.5. The van der Waals surface area contributed by atoms with Crippen LogP contribution in [0.1, 0.15) is 18.6 Å². The molecule has 96 valence electrons. The lowest BCUT2D eigenvalue weighted by Gasteiger charge is -2.15. The van der Waals surface area contributed by atoms with Crippen molar-refractivity contribution < 1.29 is 14.6 Å². The highest BCUT2D eigenvalue weighted by molar-refractivity contribution is 9.10. The van der Waals surface area contributed by atoms with E-state index in [0.717, 1.165) is 0 Å². The summed E-state index contributed by atoms with van der Waals surface area (Å²) in [5, 5.41) is 18.6. The van der Waals surface area contributed by atoms with Crippen LogP contribution in [0, 0.1) is 11.3 Å². The minimum Gasteiger partial charge on any atom is -0.493 e. The van der Waals surface area contributed by atoms with Crippen LogP contribution in [0.15, 0.2) is 28.8 Å². The van der Waals surface area contributed by atoms with Gasteiger partial charge in [0.25, 0.3) is 0 Å². The second-order valence-electron chi connectivity index (χ2n) is 3.51. The van der Waals surface area contributed by atoms with Crippen LogP contribution >= 0.6 is 15.9 Å². The maximum atomic E-state index is 9.91. The fourth-order valence-electron chi connectivity index (χ4n) is 1.44. The van der Waals surface area contributed by atoms with Gasteiger partial charge in [-0.15, -0.1) is 0 Å². The highest BCUT2D eigenvalue weighted by Gasteiger charge is 2.17. The van der Waals surface area contributed by atoms with Crippen LogP contribution < -0.4 is 9.47 Å². The first-order chi connectivity index (χ1) is 8.54. The molecule has 0 amide bonds. The summed E-state index contributed by atoms with van der Waals surface area (Å²) in [5.74, 6) is 1.06. The van der Waals surface area contributed by atoms with Gasteiger partial charge in [0.15, 0.2) is 11.5 Å². The lowest BCUT2D eigenvalue weighted by Crippen LogP contribution is -2.02. The number of methoxy groups -OCH3 is 1. The van der Waals surface area contributed by atoms with Gasteiger partial charge in [-0.3, -0.25) is 0 Å². The van der Waals surface area contributed by atoms with Gasteiger partial charge in [0.2, 0.25) is 0 Å². The average molecular weight is 312 g/mol. The van der Waals surface area contributed by atoms with E-state index in [9.17, 15) is 5.11 Å². The van der Waals surface area contributed by atoms with E-state index in [1.165, 1.54) is 7.11 Å². The van der Waals surface area contributed by atoms with Gasteiger partial charge in [-0.05, 0) is 40.5 Å². The zero-order chi connectivity index (χ0) is 13.7. The van der Waals surface area contributed by atoms with Crippen molar-refractivity contribution in [3.63, 3.8) is 0 Å². The summed E-state index contributed by atoms with van der Waals surface area (Å²) < 4.78 is 11.3. The first-order valence-corrected chi connectivity index (χ1v) is 6.11. The highest BCUT2D eigenvalue weighted by atomic mass is 79.9. The summed E-state index contributed by atoms with van der Waals surface area (Å²) in [7, 11) is 1.51. The molecule has 5 heteroatoms. The van der Waals surface area contributed by atoms with Crippen molar-refractivity contribution in [1.29, 1.82) is 5.26 Å². The Morgan fingerprint density at radius 2 is 2.28 bits per heavy atom. The van der Waals surface area contributed by atoms with Gasteiger partial charge in [0.1, 0.15) is 6.10 Å². The highest BCUT2D eigenvalue weighted by Crippen LogP contribution is 2.39. The van der Waals surface area contributed by atoms with E-state index in [1.807, 2.05) is 13.0 Å². The monoisotopic (exact) mass is 311 g/mol. The van der Waals surface area contributed by atoms with E-state index in [1.54, 1.807) is 12.1 Å². The summed E-state index contributed by atoms with van der Waals surface area (Å²) in [5.41, 5.74) is 0.599. The first-order valence-electron chi connectivity index (χ1n) is 5.32. The number of nitriles is 1. The Balaban J connectivity index is 3.22. The smallest absolute Gasteiger partial charge is 0.175 e. The van der Waals surface area contributed by atoms with Gasteiger partial charge in [0, 0.05) is 0 Å². The molecular weight excluding hydrogens is 298 g/mol. The molecule has 0 heterocycles. The third-order valence-electron chi connectivity index (χ3n) is 2.33. The molecule has 1 aromatic rings. The Morgan fingerprint density at radius 3 is 2.78 bits per heavy atom. The molecule has 4 nitrogen and oxygen atoms in total. The number of halogens is 1. The average Bonchev–Trinajstić information content (AvgIpc) is 2.39. The molecule has 1 atom stereocenters. The predicted octanol–water partition coefficient (Wildman–Crippen LogP) is 2.97. The van der Waals surface area contributed by atoms with E-state index < -0.39 is 6.10 Å². The largest absolute Gasteiger partial charge is 0.493 e. The number of rotatable bonds is 5. The van der Waals surface area contributed by atoms with Crippen molar-refractivity contribution in [1.82, 2.24) is 0 Å². The van der Waals surface area contributed by atoms with Crippen LogP contribution in [-0.2, 0) is 0 Å². The summed E-state index contributed by atoms with van der Waals surface area (Å²) in [6.07, 6.45) is -1.05. The van der Waals surface area contributed by atoms with E-state index in [4.69, 9.17) is 14.7 Å². The summed E-state index contributed by atoms with van der Waals surface area (Å²) in [4.78, 5) is 0. The van der Waals surface area contributed by atoms with Crippen LogP contribution in [-0.4, -0.2) is 18.8 Å². The molecule has 1 N–H and O–H groups in total. The summed E-state index contributed by atoms with van der Waals surface area (Å²) in [6.45, 7) is 5.86. The zero-order valence-electron chi connectivity index (χ0n) is 10.2. The molecule has 0 saturated carbocycles. The van der Waals surface area contributed by atoms with Crippen LogP contribution in [0.4, 0.5) is 0 Å². The Bertz CT molecular complexity index is 494. The lowest BCUT2D eigenvalue weighted by atomic mass is 10.0. The van der Waals surface area contributed by atoms with Crippen molar-refractivity contribution in [3.05, 3.63) is 34.3 Å². The van der Waals surface area contributed by atoms with E-state index in [2.05, 4.69) is 22.5 Å². The number of hydrogen-bond acceptors (Lipinski definition) is 4. The van der Waals surface area contributed by atoms with Gasteiger partial charge < -0.3 is 14.6 Å². The number of benzene rings is 1. The Labute approximate surface area is 115 Å². The van der Waals surface area contributed by atoms with Crippen LogP contribution in [0.5, 0.6) is 11.5 Å². The predicted molar refractivity (Wildman–Crippen MR) is 71.6 cm³/mol. The lowest BCUT2D eigenvalue weighted by molar-refractivity contribution is 0.220. The third kappa shape index (κ3) is 3.03. The van der Waals surface area contributed by atoms with Gasteiger partial charge in [-0.2, -0.15) is 5.26 Å². The molecule has 1 unspecified atom stereocenters. The number of hydrogen-bond donors (Lipinski definition) is 1. The molecule has 1 rings (SSSR count). The number of ether oxygens (including phenoxy) is 2. The quantitative estimate of drug-likeness (QED) is 0.849. The SMILES string of the molecule is C=C(C#N)C(O)c1cc(Br)c(OCC)c(OC)c1. The maximum Gasteiger partial charge on any atom is 0.175 e. The summed E-state index contributed by atoms with van der Waals surface area (Å²) >= 11 is 3.35. The van der Waals surface area contributed by atoms with Crippen molar-refractivity contribution in [3.8, 4) is 17.6 Å². The molecule has 0 bridgehead atoms. The Morgan fingerprint density at radius 1 is 1.61 bits per heavy atom. The van der Waals surface area contributed by atoms with Crippen LogP contribution in [0.3, 0.4) is 0 Å². The number of aliphatic hydroxyl groups excluding tert-OH is 1. The maximum absolute atomic E-state index is 9.91. The standard InChI is InChI=1S/C13H14BrNO3/c1-4-18-13-10(14)5-9(6-11(13)17-3)12(16)8(2)7-15/h5-6,12,16H,2,4H2,1,3H3. The van der Waals surface area contributed by atoms with Crippen molar-refractivity contribution in [2.24, 2.45) is 0 Å². The molecule has 0 spiro atoms. The molecule has 0 aliphatic carbocycles. The van der Waals surface area contributed by atoms with Crippen molar-refractivity contribution >= 4 is 15.9 Å². The van der Waals surface area contributed by atoms with Gasteiger partial charge in [-0.1, -0.05) is 6.58 Å². The number of nitrogens with zero attached hydrogens (tertiary/aromatic N) is 1. The molecule has 0 fully saturated rings. The van der Waals surface area contributed by atoms with Gasteiger partial charge in [0.05, 0.1) is 29.8 Å². The van der Waals surface area contributed by atoms with Gasteiger partial charge >= 0.3 is 0 Å². The number of aliphatic hydroxyl groups is 1. The fourth-order valence-corrected chi connectivity index (χ4v) is 2.02. The minimum absolute atomic E-state index is 0.0770. The molecule has 0 aromatic heterocycles. The van der Waals surface area contributed by atoms with Crippen molar-refractivity contribution in [2.45, 2.75) is 13.0 Å². The fraction of sp³-hybridized carbons (Fsp3) is 0.308. The second-order valence-corrected chi connectivity index (χ2v) is 4.36. The van der Waals surface area contributed by atoms with Crippen molar-refractivity contribution in [2.75, 3.05) is 13.7 Å². The van der Waals surface area contributed by atoms with E-state index in [0.29, 0.717) is 28.1 Å².